The van der Waals surface area contributed by atoms with Crippen molar-refractivity contribution in [3.05, 3.63) is 34.3 Å². The lowest BCUT2D eigenvalue weighted by atomic mass is 10.2. The van der Waals surface area contributed by atoms with Gasteiger partial charge in [-0.1, -0.05) is 15.9 Å². The highest BCUT2D eigenvalue weighted by Gasteiger charge is 2.09. The van der Waals surface area contributed by atoms with Gasteiger partial charge in [0, 0.05) is 55.8 Å². The van der Waals surface area contributed by atoms with Crippen LogP contribution in [0.3, 0.4) is 0 Å². The summed E-state index contributed by atoms with van der Waals surface area (Å²) in [5.41, 5.74) is 0.655. The van der Waals surface area contributed by atoms with Crippen LogP contribution in [-0.2, 0) is 4.74 Å². The molecule has 0 bridgehead atoms. The zero-order valence-electron chi connectivity index (χ0n) is 16.4. The van der Waals surface area contributed by atoms with E-state index in [0.29, 0.717) is 18.7 Å². The Morgan fingerprint density at radius 1 is 1.14 bits per heavy atom. The average molecular weight is 568 g/mol. The maximum atomic E-state index is 12.1. The van der Waals surface area contributed by atoms with Gasteiger partial charge in [0.15, 0.2) is 5.96 Å². The van der Waals surface area contributed by atoms with Crippen molar-refractivity contribution < 1.29 is 9.53 Å². The van der Waals surface area contributed by atoms with Crippen LogP contribution in [0.4, 0.5) is 0 Å². The molecule has 0 radical (unpaired) electrons. The van der Waals surface area contributed by atoms with E-state index in [2.05, 4.69) is 41.8 Å². The molecule has 1 saturated heterocycles. The summed E-state index contributed by atoms with van der Waals surface area (Å²) in [6.45, 7) is 9.53. The smallest absolute Gasteiger partial charge is 0.251 e. The molecule has 1 heterocycles. The third-order valence-electron chi connectivity index (χ3n) is 4.16. The van der Waals surface area contributed by atoms with E-state index in [-0.39, 0.29) is 29.9 Å². The van der Waals surface area contributed by atoms with Crippen LogP contribution in [0.25, 0.3) is 0 Å². The lowest BCUT2D eigenvalue weighted by Crippen LogP contribution is -2.41. The number of hydrogen-bond acceptors (Lipinski definition) is 4. The molecule has 1 aliphatic rings. The summed E-state index contributed by atoms with van der Waals surface area (Å²) in [6.07, 6.45) is 1.02. The van der Waals surface area contributed by atoms with Gasteiger partial charge in [-0.25, -0.2) is 0 Å². The molecule has 0 unspecified atom stereocenters. The molecule has 2 rings (SSSR count). The lowest BCUT2D eigenvalue weighted by molar-refractivity contribution is 0.0377. The number of nitrogens with one attached hydrogen (secondary N) is 3. The molecule has 28 heavy (non-hydrogen) atoms. The van der Waals surface area contributed by atoms with Crippen molar-refractivity contribution in [1.29, 1.82) is 0 Å². The Labute approximate surface area is 193 Å². The van der Waals surface area contributed by atoms with Crippen LogP contribution in [0.2, 0.25) is 0 Å². The summed E-state index contributed by atoms with van der Waals surface area (Å²) in [5, 5.41) is 9.40. The van der Waals surface area contributed by atoms with Crippen LogP contribution in [-0.4, -0.2) is 75.8 Å². The first-order valence-electron chi connectivity index (χ1n) is 9.55. The normalized spacial score (nSPS) is 14.9. The van der Waals surface area contributed by atoms with Gasteiger partial charge in [0.1, 0.15) is 0 Å². The minimum atomic E-state index is -0.0725. The predicted octanol–water partition coefficient (Wildman–Crippen LogP) is 2.07. The number of rotatable bonds is 9. The standard InChI is InChI=1S/C19H30BrN5O2.HI/c1-2-21-19(23-8-3-11-25-12-14-27-15-13-25)24-10-9-22-18(26)16-4-6-17(20)7-5-16;/h4-7H,2-3,8-15H2,1H3,(H,22,26)(H2,21,23,24);1H. The van der Waals surface area contributed by atoms with E-state index in [0.717, 1.165) is 62.8 Å². The molecule has 0 spiro atoms. The quantitative estimate of drug-likeness (QED) is 0.184. The van der Waals surface area contributed by atoms with Gasteiger partial charge in [-0.15, -0.1) is 24.0 Å². The SMILES string of the molecule is CCNC(=NCCCN1CCOCC1)NCCNC(=O)c1ccc(Br)cc1.I. The second kappa shape index (κ2) is 15.0. The fraction of sp³-hybridized carbons (Fsp3) is 0.579. The molecular formula is C19H31BrIN5O2. The molecule has 9 heteroatoms. The summed E-state index contributed by atoms with van der Waals surface area (Å²) in [7, 11) is 0. The van der Waals surface area contributed by atoms with Crippen molar-refractivity contribution in [1.82, 2.24) is 20.9 Å². The van der Waals surface area contributed by atoms with Crippen LogP contribution >= 0.6 is 39.9 Å². The summed E-state index contributed by atoms with van der Waals surface area (Å²) in [6, 6.07) is 7.32. The number of benzene rings is 1. The number of halogens is 2. The number of guanidine groups is 1. The molecule has 0 aliphatic carbocycles. The summed E-state index contributed by atoms with van der Waals surface area (Å²) >= 11 is 3.37. The number of ether oxygens (including phenoxy) is 1. The number of aliphatic imine (C=N–C) groups is 1. The zero-order valence-corrected chi connectivity index (χ0v) is 20.3. The monoisotopic (exact) mass is 567 g/mol. The Morgan fingerprint density at radius 3 is 2.50 bits per heavy atom. The molecule has 1 fully saturated rings. The van der Waals surface area contributed by atoms with Crippen molar-refractivity contribution in [2.24, 2.45) is 4.99 Å². The van der Waals surface area contributed by atoms with Gasteiger partial charge in [0.2, 0.25) is 0 Å². The molecule has 3 N–H and O–H groups in total. The lowest BCUT2D eigenvalue weighted by Gasteiger charge is -2.26. The largest absolute Gasteiger partial charge is 0.379 e. The number of carbonyl (C=O) groups excluding carboxylic acids is 1. The number of nitrogens with zero attached hydrogens (tertiary/aromatic N) is 2. The molecule has 0 saturated carbocycles. The van der Waals surface area contributed by atoms with E-state index in [1.54, 1.807) is 12.1 Å². The molecule has 1 aliphatic heterocycles. The Hall–Kier alpha value is -0.910. The summed E-state index contributed by atoms with van der Waals surface area (Å²) < 4.78 is 6.32. The van der Waals surface area contributed by atoms with Gasteiger partial charge < -0.3 is 20.7 Å². The zero-order chi connectivity index (χ0) is 19.3. The van der Waals surface area contributed by atoms with Crippen molar-refractivity contribution in [3.8, 4) is 0 Å². The fourth-order valence-electron chi connectivity index (χ4n) is 2.71. The summed E-state index contributed by atoms with van der Waals surface area (Å²) in [4.78, 5) is 19.1. The Morgan fingerprint density at radius 2 is 1.82 bits per heavy atom. The van der Waals surface area contributed by atoms with Gasteiger partial charge >= 0.3 is 0 Å². The highest BCUT2D eigenvalue weighted by Crippen LogP contribution is 2.10. The van der Waals surface area contributed by atoms with Crippen LogP contribution in [0, 0.1) is 0 Å². The minimum absolute atomic E-state index is 0. The third-order valence-corrected chi connectivity index (χ3v) is 4.69. The average Bonchev–Trinajstić information content (AvgIpc) is 2.69. The Balaban J connectivity index is 0.00000392. The molecule has 1 aromatic carbocycles. The predicted molar refractivity (Wildman–Crippen MR) is 128 cm³/mol. The minimum Gasteiger partial charge on any atom is -0.379 e. The van der Waals surface area contributed by atoms with E-state index < -0.39 is 0 Å². The van der Waals surface area contributed by atoms with Crippen molar-refractivity contribution >= 4 is 51.8 Å². The number of carbonyl (C=O) groups is 1. The van der Waals surface area contributed by atoms with Crippen LogP contribution in [0.1, 0.15) is 23.7 Å². The van der Waals surface area contributed by atoms with Crippen molar-refractivity contribution in [3.63, 3.8) is 0 Å². The highest BCUT2D eigenvalue weighted by atomic mass is 127. The molecule has 7 nitrogen and oxygen atoms in total. The molecule has 0 aromatic heterocycles. The van der Waals surface area contributed by atoms with Crippen molar-refractivity contribution in [2.75, 3.05) is 59.0 Å². The first-order chi connectivity index (χ1) is 13.2. The second-order valence-corrected chi connectivity index (χ2v) is 7.17. The first-order valence-corrected chi connectivity index (χ1v) is 10.3. The fourth-order valence-corrected chi connectivity index (χ4v) is 2.98. The van der Waals surface area contributed by atoms with Gasteiger partial charge in [-0.2, -0.15) is 0 Å². The third kappa shape index (κ3) is 10.0. The molecule has 0 atom stereocenters. The van der Waals surface area contributed by atoms with Crippen molar-refractivity contribution in [2.45, 2.75) is 13.3 Å². The van der Waals surface area contributed by atoms with Crippen LogP contribution in [0.5, 0.6) is 0 Å². The van der Waals surface area contributed by atoms with E-state index >= 15 is 0 Å². The Bertz CT molecular complexity index is 594. The topological polar surface area (TPSA) is 78.0 Å². The maximum Gasteiger partial charge on any atom is 0.251 e. The van der Waals surface area contributed by atoms with Crippen LogP contribution < -0.4 is 16.0 Å². The molecule has 158 valence electrons. The number of morpholine rings is 1. The van der Waals surface area contributed by atoms with Gasteiger partial charge in [0.25, 0.3) is 5.91 Å². The number of hydrogen-bond donors (Lipinski definition) is 3. The Kier molecular flexibility index (Phi) is 13.5. The highest BCUT2D eigenvalue weighted by molar-refractivity contribution is 14.0. The number of amides is 1. The van der Waals surface area contributed by atoms with Gasteiger partial charge in [-0.05, 0) is 37.6 Å². The van der Waals surface area contributed by atoms with E-state index in [4.69, 9.17) is 4.74 Å². The second-order valence-electron chi connectivity index (χ2n) is 6.26. The van der Waals surface area contributed by atoms with Gasteiger partial charge in [0.05, 0.1) is 13.2 Å². The molecular weight excluding hydrogens is 537 g/mol. The van der Waals surface area contributed by atoms with E-state index in [9.17, 15) is 4.79 Å². The van der Waals surface area contributed by atoms with Crippen LogP contribution in [0.15, 0.2) is 33.7 Å². The maximum absolute atomic E-state index is 12.1. The first kappa shape index (κ1) is 25.1. The molecule has 1 amide bonds. The van der Waals surface area contributed by atoms with E-state index in [1.807, 2.05) is 19.1 Å². The van der Waals surface area contributed by atoms with E-state index in [1.165, 1.54) is 0 Å². The summed E-state index contributed by atoms with van der Waals surface area (Å²) in [5.74, 6) is 0.717. The van der Waals surface area contributed by atoms with Gasteiger partial charge in [-0.3, -0.25) is 14.7 Å². The molecule has 1 aromatic rings.